The smallest absolute Gasteiger partial charge is 0.0498 e. The Kier molecular flexibility index (Phi) is 4.45. The van der Waals surface area contributed by atoms with Crippen LogP contribution < -0.4 is 0 Å². The molecule has 0 aliphatic carbocycles. The first-order valence-electron chi connectivity index (χ1n) is 1.47. The van der Waals surface area contributed by atoms with Crippen molar-refractivity contribution in [3.8, 4) is 0 Å². The average Bonchev–Trinajstić information content (AvgIpc) is 1.61. The number of hydrogen-bond acceptors (Lipinski definition) is 3. The van der Waals surface area contributed by atoms with E-state index in [-0.39, 0.29) is 0 Å². The molecule has 0 atom stereocenters. The topological polar surface area (TPSA) is 24.7 Å². The fourth-order valence-electron chi connectivity index (χ4n) is 0.0805. The van der Waals surface area contributed by atoms with Gasteiger partial charge in [0.05, 0.1) is 0 Å². The summed E-state index contributed by atoms with van der Waals surface area (Å²) in [4.78, 5) is 0. The molecule has 0 bridgehead atoms. The highest BCUT2D eigenvalue weighted by Crippen LogP contribution is 1.99. The predicted octanol–water partition coefficient (Wildman–Crippen LogP) is 1.86. The molecule has 0 radical (unpaired) electrons. The van der Waals surface area contributed by atoms with E-state index in [1.807, 2.05) is 0 Å². The summed E-state index contributed by atoms with van der Waals surface area (Å²) in [5.41, 5.74) is 0. The van der Waals surface area contributed by atoms with Gasteiger partial charge in [0.15, 0.2) is 0 Å². The van der Waals surface area contributed by atoms with E-state index in [4.69, 9.17) is 0 Å². The first-order chi connectivity index (χ1) is 2.91. The lowest BCUT2D eigenvalue weighted by molar-refractivity contribution is 1.26. The second-order valence-electron chi connectivity index (χ2n) is 0.554. The molecule has 2 nitrogen and oxygen atoms in total. The Bertz CT molecular complexity index is 59.8. The number of hydrogen-bond donors (Lipinski definition) is 0. The van der Waals surface area contributed by atoms with Crippen LogP contribution in [0.25, 0.3) is 0 Å². The van der Waals surface area contributed by atoms with Gasteiger partial charge < -0.3 is 0 Å². The van der Waals surface area contributed by atoms with Crippen molar-refractivity contribution in [3.63, 3.8) is 0 Å². The van der Waals surface area contributed by atoms with E-state index in [2.05, 4.69) is 16.2 Å². The van der Waals surface area contributed by atoms with Gasteiger partial charge in [0, 0.05) is 19.0 Å². The van der Waals surface area contributed by atoms with Gasteiger partial charge in [-0.1, -0.05) is 6.58 Å². The molecule has 0 N–H and O–H groups in total. The molecule has 0 saturated heterocycles. The zero-order chi connectivity index (χ0) is 4.83. The second-order valence-corrected chi connectivity index (χ2v) is 1.26. The lowest BCUT2D eigenvalue weighted by Crippen LogP contribution is -1.37. The first kappa shape index (κ1) is 5.69. The third kappa shape index (κ3) is 3.69. The Morgan fingerprint density at radius 3 is 2.67 bits per heavy atom. The standard InChI is InChI=1S/C3H6N2S/c1-3-6-5-4-2/h3H,1H2,2H3/b5-4-. The molecule has 0 aromatic carbocycles. The normalized spacial score (nSPS) is 9.50. The van der Waals surface area contributed by atoms with Crippen LogP contribution in [0.15, 0.2) is 21.6 Å². The fourth-order valence-corrected chi connectivity index (χ4v) is 0.241. The maximum Gasteiger partial charge on any atom is 0.0498 e. The van der Waals surface area contributed by atoms with E-state index in [0.29, 0.717) is 0 Å². The van der Waals surface area contributed by atoms with Crippen molar-refractivity contribution in [1.82, 2.24) is 0 Å². The minimum atomic E-state index is 1.23. The van der Waals surface area contributed by atoms with Gasteiger partial charge in [-0.3, -0.25) is 0 Å². The lowest BCUT2D eigenvalue weighted by atomic mass is 11.3. The van der Waals surface area contributed by atoms with E-state index in [1.165, 1.54) is 11.9 Å². The molecule has 0 spiro atoms. The van der Waals surface area contributed by atoms with Gasteiger partial charge in [-0.15, -0.1) is 4.52 Å². The summed E-state index contributed by atoms with van der Waals surface area (Å²) < 4.78 is 3.51. The van der Waals surface area contributed by atoms with Crippen LogP contribution in [0.2, 0.25) is 0 Å². The van der Waals surface area contributed by atoms with Gasteiger partial charge in [-0.05, 0) is 5.41 Å². The molecule has 0 aromatic rings. The lowest BCUT2D eigenvalue weighted by Gasteiger charge is -1.68. The second kappa shape index (κ2) is 4.69. The highest BCUT2D eigenvalue weighted by Gasteiger charge is 1.59. The quantitative estimate of drug-likeness (QED) is 0.386. The maximum absolute atomic E-state index is 3.51. The summed E-state index contributed by atoms with van der Waals surface area (Å²) in [6.45, 7) is 3.41. The minimum absolute atomic E-state index is 1.23. The molecule has 0 rings (SSSR count). The van der Waals surface area contributed by atoms with Crippen LogP contribution in [0.1, 0.15) is 0 Å². The molecule has 0 fully saturated rings. The van der Waals surface area contributed by atoms with Crippen LogP contribution in [0.3, 0.4) is 0 Å². The van der Waals surface area contributed by atoms with Crippen molar-refractivity contribution in [3.05, 3.63) is 12.0 Å². The van der Waals surface area contributed by atoms with Gasteiger partial charge in [-0.25, -0.2) is 0 Å². The van der Waals surface area contributed by atoms with Crippen molar-refractivity contribution in [1.29, 1.82) is 0 Å². The molecule has 3 heteroatoms. The zero-order valence-corrected chi connectivity index (χ0v) is 4.40. The molecule has 0 unspecified atom stereocenters. The monoisotopic (exact) mass is 102 g/mol. The Balaban J connectivity index is 2.85. The zero-order valence-electron chi connectivity index (χ0n) is 3.59. The fraction of sp³-hybridized carbons (Fsp3) is 0.333. The molecular formula is C3H6N2S. The molecular weight excluding hydrogens is 96.1 g/mol. The molecule has 0 amide bonds. The van der Waals surface area contributed by atoms with Crippen molar-refractivity contribution in [2.45, 2.75) is 0 Å². The first-order valence-corrected chi connectivity index (χ1v) is 2.31. The average molecular weight is 102 g/mol. The highest BCUT2D eigenvalue weighted by molar-refractivity contribution is 8.00. The van der Waals surface area contributed by atoms with E-state index < -0.39 is 0 Å². The minimum Gasteiger partial charge on any atom is -0.185 e. The largest absolute Gasteiger partial charge is 0.185 e. The van der Waals surface area contributed by atoms with Crippen LogP contribution in [0.5, 0.6) is 0 Å². The van der Waals surface area contributed by atoms with E-state index in [0.717, 1.165) is 0 Å². The number of nitrogens with zero attached hydrogens (tertiary/aromatic N) is 2. The Hall–Kier alpha value is -0.310. The summed E-state index contributed by atoms with van der Waals surface area (Å²) in [5, 5.41) is 5.06. The van der Waals surface area contributed by atoms with Crippen molar-refractivity contribution in [2.24, 2.45) is 9.63 Å². The van der Waals surface area contributed by atoms with Crippen LogP contribution >= 0.6 is 11.9 Å². The molecule has 0 saturated carbocycles. The summed E-state index contributed by atoms with van der Waals surface area (Å²) in [5.74, 6) is 0. The van der Waals surface area contributed by atoms with E-state index in [9.17, 15) is 0 Å². The van der Waals surface area contributed by atoms with Crippen molar-refractivity contribution < 1.29 is 0 Å². The molecule has 0 heterocycles. The van der Waals surface area contributed by atoms with Crippen LogP contribution in [0, 0.1) is 0 Å². The van der Waals surface area contributed by atoms with Gasteiger partial charge in [0.2, 0.25) is 0 Å². The van der Waals surface area contributed by atoms with E-state index >= 15 is 0 Å². The van der Waals surface area contributed by atoms with Gasteiger partial charge in [-0.2, -0.15) is 5.11 Å². The van der Waals surface area contributed by atoms with Gasteiger partial charge in [0.25, 0.3) is 0 Å². The van der Waals surface area contributed by atoms with Crippen LogP contribution in [-0.4, -0.2) is 7.05 Å². The van der Waals surface area contributed by atoms with Gasteiger partial charge >= 0.3 is 0 Å². The van der Waals surface area contributed by atoms with Crippen molar-refractivity contribution >= 4 is 11.9 Å². The Morgan fingerprint density at radius 1 is 1.83 bits per heavy atom. The van der Waals surface area contributed by atoms with Gasteiger partial charge in [0.1, 0.15) is 0 Å². The van der Waals surface area contributed by atoms with Crippen LogP contribution in [0.4, 0.5) is 0 Å². The highest BCUT2D eigenvalue weighted by atomic mass is 32.2. The summed E-state index contributed by atoms with van der Waals surface area (Å²) >= 11 is 1.23. The SMILES string of the molecule is C=CS/N=N\C. The summed E-state index contributed by atoms with van der Waals surface area (Å²) in [6.07, 6.45) is 0. The Labute approximate surface area is 41.5 Å². The number of rotatable bonds is 2. The molecule has 0 aliphatic heterocycles. The molecule has 34 valence electrons. The van der Waals surface area contributed by atoms with E-state index in [1.54, 1.807) is 12.5 Å². The molecule has 0 aromatic heterocycles. The summed E-state index contributed by atoms with van der Waals surface area (Å²) in [6, 6.07) is 0. The van der Waals surface area contributed by atoms with Crippen molar-refractivity contribution in [2.75, 3.05) is 7.05 Å². The third-order valence-corrected chi connectivity index (χ3v) is 0.610. The third-order valence-electron chi connectivity index (χ3n) is 0.203. The predicted molar refractivity (Wildman–Crippen MR) is 28.6 cm³/mol. The Morgan fingerprint density at radius 2 is 2.50 bits per heavy atom. The molecule has 6 heavy (non-hydrogen) atoms. The summed E-state index contributed by atoms with van der Waals surface area (Å²) in [7, 11) is 1.62. The molecule has 0 aliphatic rings. The van der Waals surface area contributed by atoms with Crippen LogP contribution in [-0.2, 0) is 0 Å². The maximum atomic E-state index is 3.51.